The van der Waals surface area contributed by atoms with Crippen LogP contribution in [-0.4, -0.2) is 21.0 Å². The number of hydrogen-bond donors (Lipinski definition) is 2. The van der Waals surface area contributed by atoms with Crippen LogP contribution >= 0.6 is 11.6 Å². The topological polar surface area (TPSA) is 92.9 Å². The molecule has 2 aromatic heterocycles. The maximum absolute atomic E-state index is 12.4. The number of rotatable bonds is 4. The highest BCUT2D eigenvalue weighted by atomic mass is 35.5. The molecule has 8 heteroatoms. The van der Waals surface area contributed by atoms with Gasteiger partial charge in [-0.2, -0.15) is 0 Å². The van der Waals surface area contributed by atoms with Gasteiger partial charge in [0, 0.05) is 22.8 Å². The molecule has 7 nitrogen and oxygen atoms in total. The number of nitrogens with one attached hydrogen (secondary N) is 2. The van der Waals surface area contributed by atoms with Gasteiger partial charge in [-0.25, -0.2) is 9.97 Å². The average molecular weight is 344 g/mol. The minimum absolute atomic E-state index is 0.224. The Balaban J connectivity index is 1.76. The number of aromatic nitrogens is 3. The number of benzene rings is 1. The molecular weight excluding hydrogens is 330 g/mol. The molecule has 2 heterocycles. The Hall–Kier alpha value is -2.93. The second-order valence-electron chi connectivity index (χ2n) is 5.15. The van der Waals surface area contributed by atoms with Crippen LogP contribution in [0.5, 0.6) is 0 Å². The summed E-state index contributed by atoms with van der Waals surface area (Å²) in [5.41, 5.74) is 1.76. The van der Waals surface area contributed by atoms with Crippen molar-refractivity contribution in [3.8, 4) is 0 Å². The van der Waals surface area contributed by atoms with Crippen molar-refractivity contribution in [3.63, 3.8) is 0 Å². The van der Waals surface area contributed by atoms with E-state index in [-0.39, 0.29) is 11.6 Å². The molecule has 0 atom stereocenters. The van der Waals surface area contributed by atoms with Crippen LogP contribution in [0.1, 0.15) is 21.8 Å². The van der Waals surface area contributed by atoms with E-state index in [1.807, 2.05) is 6.92 Å². The van der Waals surface area contributed by atoms with Crippen molar-refractivity contribution in [1.82, 2.24) is 15.1 Å². The molecule has 0 aliphatic carbocycles. The summed E-state index contributed by atoms with van der Waals surface area (Å²) >= 11 is 5.91. The van der Waals surface area contributed by atoms with Gasteiger partial charge in [0.15, 0.2) is 5.82 Å². The number of carbonyl (C=O) groups excluding carboxylic acids is 1. The van der Waals surface area contributed by atoms with Gasteiger partial charge in [-0.3, -0.25) is 4.79 Å². The van der Waals surface area contributed by atoms with Crippen LogP contribution < -0.4 is 10.6 Å². The van der Waals surface area contributed by atoms with Crippen molar-refractivity contribution in [2.75, 3.05) is 10.6 Å². The van der Waals surface area contributed by atoms with Crippen molar-refractivity contribution in [1.29, 1.82) is 0 Å². The third-order valence-corrected chi connectivity index (χ3v) is 3.46. The van der Waals surface area contributed by atoms with E-state index in [9.17, 15) is 4.79 Å². The van der Waals surface area contributed by atoms with Crippen LogP contribution in [0.4, 0.5) is 17.3 Å². The minimum Gasteiger partial charge on any atom is -0.360 e. The number of nitrogens with zero attached hydrogens (tertiary/aromatic N) is 3. The maximum Gasteiger partial charge on any atom is 0.274 e. The van der Waals surface area contributed by atoms with Gasteiger partial charge in [0.05, 0.1) is 0 Å². The lowest BCUT2D eigenvalue weighted by molar-refractivity contribution is 0.102. The molecule has 0 bridgehead atoms. The Morgan fingerprint density at radius 2 is 1.96 bits per heavy atom. The van der Waals surface area contributed by atoms with Gasteiger partial charge in [0.1, 0.15) is 23.6 Å². The molecule has 122 valence electrons. The molecule has 0 aliphatic heterocycles. The summed E-state index contributed by atoms with van der Waals surface area (Å²) in [5.74, 6) is 1.27. The Labute approximate surface area is 143 Å². The fraction of sp³-hybridized carbons (Fsp3) is 0.125. The van der Waals surface area contributed by atoms with E-state index in [1.54, 1.807) is 31.2 Å². The van der Waals surface area contributed by atoms with E-state index < -0.39 is 0 Å². The van der Waals surface area contributed by atoms with Gasteiger partial charge in [-0.15, -0.1) is 0 Å². The Kier molecular flexibility index (Phi) is 4.43. The van der Waals surface area contributed by atoms with E-state index in [1.165, 1.54) is 12.4 Å². The molecule has 2 N–H and O–H groups in total. The third-order valence-electron chi connectivity index (χ3n) is 3.22. The highest BCUT2D eigenvalue weighted by Crippen LogP contribution is 2.20. The van der Waals surface area contributed by atoms with Crippen LogP contribution in [0.15, 0.2) is 41.2 Å². The van der Waals surface area contributed by atoms with Gasteiger partial charge in [0.2, 0.25) is 0 Å². The maximum atomic E-state index is 12.4. The van der Waals surface area contributed by atoms with E-state index >= 15 is 0 Å². The fourth-order valence-corrected chi connectivity index (χ4v) is 2.29. The monoisotopic (exact) mass is 343 g/mol. The molecule has 0 fully saturated rings. The molecule has 3 rings (SSSR count). The molecule has 0 spiro atoms. The molecule has 0 aliphatic rings. The molecule has 0 unspecified atom stereocenters. The number of halogens is 1. The molecule has 1 amide bonds. The van der Waals surface area contributed by atoms with Crippen LogP contribution in [0, 0.1) is 13.8 Å². The summed E-state index contributed by atoms with van der Waals surface area (Å²) in [5, 5.41) is 10.2. The van der Waals surface area contributed by atoms with E-state index in [0.29, 0.717) is 28.1 Å². The first-order valence-corrected chi connectivity index (χ1v) is 7.49. The fourth-order valence-electron chi connectivity index (χ4n) is 2.06. The third kappa shape index (κ3) is 3.69. The van der Waals surface area contributed by atoms with Crippen LogP contribution in [0.25, 0.3) is 0 Å². The van der Waals surface area contributed by atoms with E-state index in [2.05, 4.69) is 25.8 Å². The molecule has 1 aromatic carbocycles. The van der Waals surface area contributed by atoms with Gasteiger partial charge in [-0.05, 0) is 37.6 Å². The zero-order chi connectivity index (χ0) is 17.1. The summed E-state index contributed by atoms with van der Waals surface area (Å²) in [6.45, 7) is 3.65. The lowest BCUT2D eigenvalue weighted by Crippen LogP contribution is -2.15. The van der Waals surface area contributed by atoms with Crippen LogP contribution in [-0.2, 0) is 0 Å². The minimum atomic E-state index is -0.345. The van der Waals surface area contributed by atoms with Crippen molar-refractivity contribution >= 4 is 34.8 Å². The summed E-state index contributed by atoms with van der Waals surface area (Å²) in [6.07, 6.45) is 1.30. The van der Waals surface area contributed by atoms with Gasteiger partial charge in [-0.1, -0.05) is 16.8 Å². The first-order chi connectivity index (χ1) is 11.5. The normalized spacial score (nSPS) is 10.5. The van der Waals surface area contributed by atoms with Crippen molar-refractivity contribution in [2.24, 2.45) is 0 Å². The molecule has 0 radical (unpaired) electrons. The standard InChI is InChI=1S/C16H14ClN5O2/c1-9-5-11(17)3-4-12(9)20-16(23)13-7-14(19-8-18-13)21-15-6-10(2)24-22-15/h3-8H,1-2H3,(H,20,23)(H,18,19,21,22). The quantitative estimate of drug-likeness (QED) is 0.749. The molecule has 0 saturated carbocycles. The SMILES string of the molecule is Cc1cc(Nc2cc(C(=O)Nc3ccc(Cl)cc3C)ncn2)no1. The smallest absolute Gasteiger partial charge is 0.274 e. The number of carbonyl (C=O) groups is 1. The summed E-state index contributed by atoms with van der Waals surface area (Å²) in [6, 6.07) is 8.48. The molecule has 0 saturated heterocycles. The second-order valence-corrected chi connectivity index (χ2v) is 5.59. The molecule has 3 aromatic rings. The first-order valence-electron chi connectivity index (χ1n) is 7.11. The predicted octanol–water partition coefficient (Wildman–Crippen LogP) is 3.73. The number of anilines is 3. The number of hydrogen-bond acceptors (Lipinski definition) is 6. The van der Waals surface area contributed by atoms with Crippen molar-refractivity contribution in [3.05, 3.63) is 58.7 Å². The predicted molar refractivity (Wildman–Crippen MR) is 90.7 cm³/mol. The average Bonchev–Trinajstić information content (AvgIpc) is 2.95. The zero-order valence-corrected chi connectivity index (χ0v) is 13.8. The Bertz CT molecular complexity index is 894. The van der Waals surface area contributed by atoms with Crippen molar-refractivity contribution < 1.29 is 9.32 Å². The van der Waals surface area contributed by atoms with Gasteiger partial charge in [0.25, 0.3) is 5.91 Å². The zero-order valence-electron chi connectivity index (χ0n) is 13.0. The van der Waals surface area contributed by atoms with Crippen molar-refractivity contribution in [2.45, 2.75) is 13.8 Å². The Morgan fingerprint density at radius 3 is 2.67 bits per heavy atom. The van der Waals surface area contributed by atoms with Gasteiger partial charge < -0.3 is 15.2 Å². The summed E-state index contributed by atoms with van der Waals surface area (Å²) in [7, 11) is 0. The van der Waals surface area contributed by atoms with Crippen LogP contribution in [0.3, 0.4) is 0 Å². The largest absolute Gasteiger partial charge is 0.360 e. The molecule has 24 heavy (non-hydrogen) atoms. The highest BCUT2D eigenvalue weighted by Gasteiger charge is 2.11. The first kappa shape index (κ1) is 15.9. The summed E-state index contributed by atoms with van der Waals surface area (Å²) < 4.78 is 4.97. The number of amides is 1. The van der Waals surface area contributed by atoms with E-state index in [0.717, 1.165) is 5.56 Å². The molecular formula is C16H14ClN5O2. The Morgan fingerprint density at radius 1 is 1.12 bits per heavy atom. The number of aryl methyl sites for hydroxylation is 2. The highest BCUT2D eigenvalue weighted by molar-refractivity contribution is 6.30. The van der Waals surface area contributed by atoms with Crippen LogP contribution in [0.2, 0.25) is 5.02 Å². The lowest BCUT2D eigenvalue weighted by Gasteiger charge is -2.09. The second kappa shape index (κ2) is 6.67. The van der Waals surface area contributed by atoms with Gasteiger partial charge >= 0.3 is 0 Å². The van der Waals surface area contributed by atoms with E-state index in [4.69, 9.17) is 16.1 Å². The lowest BCUT2D eigenvalue weighted by atomic mass is 10.2. The summed E-state index contributed by atoms with van der Waals surface area (Å²) in [4.78, 5) is 20.4.